The molecule has 0 unspecified atom stereocenters. The highest BCUT2D eigenvalue weighted by atomic mass is 19.1. The molecule has 1 aliphatic rings. The van der Waals surface area contributed by atoms with E-state index in [1.807, 2.05) is 24.0 Å². The Hall–Kier alpha value is -3.02. The molecule has 2 aromatic heterocycles. The zero-order valence-corrected chi connectivity index (χ0v) is 15.9. The number of hydrogen-bond acceptors (Lipinski definition) is 3. The fourth-order valence-corrected chi connectivity index (χ4v) is 3.87. The van der Waals surface area contributed by atoms with Crippen LogP contribution >= 0.6 is 0 Å². The first-order valence-electron chi connectivity index (χ1n) is 9.59. The van der Waals surface area contributed by atoms with Gasteiger partial charge in [0.05, 0.1) is 0 Å². The molecule has 0 saturated carbocycles. The van der Waals surface area contributed by atoms with Crippen molar-refractivity contribution in [3.63, 3.8) is 0 Å². The largest absolute Gasteiger partial charge is 0.337 e. The molecule has 1 N–H and O–H groups in total. The number of aromatic amines is 1. The number of pyridine rings is 1. The van der Waals surface area contributed by atoms with E-state index in [0.29, 0.717) is 12.2 Å². The number of benzene rings is 1. The summed E-state index contributed by atoms with van der Waals surface area (Å²) in [6, 6.07) is 12.5. The molecule has 1 amide bonds. The van der Waals surface area contributed by atoms with Gasteiger partial charge in [-0.1, -0.05) is 12.1 Å². The summed E-state index contributed by atoms with van der Waals surface area (Å²) < 4.78 is 13.2. The molecular weight excluding hydrogens is 355 g/mol. The van der Waals surface area contributed by atoms with E-state index in [2.05, 4.69) is 22.3 Å². The van der Waals surface area contributed by atoms with Gasteiger partial charge < -0.3 is 4.90 Å². The molecule has 144 valence electrons. The molecule has 1 fully saturated rings. The van der Waals surface area contributed by atoms with Crippen LogP contribution in [-0.2, 0) is 6.42 Å². The number of rotatable bonds is 4. The molecule has 6 heteroatoms. The van der Waals surface area contributed by atoms with Crippen molar-refractivity contribution in [1.82, 2.24) is 20.1 Å². The number of aromatic nitrogens is 3. The zero-order valence-electron chi connectivity index (χ0n) is 15.9. The topological polar surface area (TPSA) is 61.9 Å². The lowest BCUT2D eigenvalue weighted by Crippen LogP contribution is -2.39. The average Bonchev–Trinajstić information content (AvgIpc) is 3.24. The molecule has 1 aliphatic heterocycles. The van der Waals surface area contributed by atoms with Crippen molar-refractivity contribution >= 4 is 5.91 Å². The predicted molar refractivity (Wildman–Crippen MR) is 105 cm³/mol. The highest BCUT2D eigenvalue weighted by molar-refractivity contribution is 5.92. The molecule has 0 spiro atoms. The van der Waals surface area contributed by atoms with Crippen LogP contribution in [0.2, 0.25) is 0 Å². The molecule has 5 nitrogen and oxygen atoms in total. The Morgan fingerprint density at radius 1 is 1.21 bits per heavy atom. The van der Waals surface area contributed by atoms with E-state index in [9.17, 15) is 9.18 Å². The maximum Gasteiger partial charge on any atom is 0.271 e. The molecule has 0 radical (unpaired) electrons. The lowest BCUT2D eigenvalue weighted by molar-refractivity contribution is 0.0700. The molecule has 1 atom stereocenters. The van der Waals surface area contributed by atoms with Crippen molar-refractivity contribution in [2.75, 3.05) is 13.1 Å². The van der Waals surface area contributed by atoms with Crippen LogP contribution in [0, 0.1) is 12.7 Å². The molecule has 3 heterocycles. The normalized spacial score (nSPS) is 16.9. The summed E-state index contributed by atoms with van der Waals surface area (Å²) in [6.07, 6.45) is 4.30. The minimum atomic E-state index is -0.223. The Morgan fingerprint density at radius 3 is 2.79 bits per heavy atom. The van der Waals surface area contributed by atoms with Crippen LogP contribution in [0.3, 0.4) is 0 Å². The molecule has 0 aliphatic carbocycles. The third-order valence-electron chi connectivity index (χ3n) is 5.21. The van der Waals surface area contributed by atoms with Gasteiger partial charge in [-0.25, -0.2) is 4.39 Å². The number of H-pyrrole nitrogens is 1. The highest BCUT2D eigenvalue weighted by Gasteiger charge is 2.27. The van der Waals surface area contributed by atoms with E-state index in [1.165, 1.54) is 12.1 Å². The Bertz CT molecular complexity index is 953. The summed E-state index contributed by atoms with van der Waals surface area (Å²) in [6.45, 7) is 3.40. The number of nitrogens with zero attached hydrogens (tertiary/aromatic N) is 3. The number of hydrogen-bond donors (Lipinski definition) is 1. The third kappa shape index (κ3) is 4.11. The van der Waals surface area contributed by atoms with E-state index < -0.39 is 0 Å². The number of piperidine rings is 1. The second-order valence-corrected chi connectivity index (χ2v) is 7.41. The summed E-state index contributed by atoms with van der Waals surface area (Å²) in [5, 5.41) is 6.63. The second-order valence-electron chi connectivity index (χ2n) is 7.41. The van der Waals surface area contributed by atoms with Crippen molar-refractivity contribution in [1.29, 1.82) is 0 Å². The fraction of sp³-hybridized carbons (Fsp3) is 0.318. The molecule has 0 bridgehead atoms. The summed E-state index contributed by atoms with van der Waals surface area (Å²) in [7, 11) is 0. The summed E-state index contributed by atoms with van der Waals surface area (Å²) in [4.78, 5) is 19.3. The lowest BCUT2D eigenvalue weighted by Gasteiger charge is -2.32. The molecule has 3 aromatic rings. The maximum atomic E-state index is 13.2. The quantitative estimate of drug-likeness (QED) is 0.750. The first-order valence-corrected chi connectivity index (χ1v) is 9.59. The van der Waals surface area contributed by atoms with Gasteiger partial charge in [0.25, 0.3) is 5.91 Å². The summed E-state index contributed by atoms with van der Waals surface area (Å²) >= 11 is 0. The van der Waals surface area contributed by atoms with Crippen LogP contribution in [0.5, 0.6) is 0 Å². The number of amides is 1. The van der Waals surface area contributed by atoms with Crippen LogP contribution in [0.1, 0.15) is 51.8 Å². The Balaban J connectivity index is 1.52. The standard InChI is InChI=1S/C22H23FN4O/c1-15-11-17(12-16-4-6-19(23)7-5-16)13-21(25-15)18-3-2-10-27(14-18)22(28)20-8-9-24-26-20/h4-9,11,13,18H,2-3,10,12,14H2,1H3,(H,24,26)/t18-/m0/s1. The van der Waals surface area contributed by atoms with Gasteiger partial charge in [0, 0.05) is 36.6 Å². The Morgan fingerprint density at radius 2 is 2.04 bits per heavy atom. The third-order valence-corrected chi connectivity index (χ3v) is 5.21. The molecule has 1 aromatic carbocycles. The van der Waals surface area contributed by atoms with E-state index >= 15 is 0 Å². The number of carbonyl (C=O) groups is 1. The van der Waals surface area contributed by atoms with Crippen molar-refractivity contribution in [3.05, 3.63) is 82.7 Å². The van der Waals surface area contributed by atoms with Crippen LogP contribution in [-0.4, -0.2) is 39.1 Å². The molecule has 4 rings (SSSR count). The first-order chi connectivity index (χ1) is 13.6. The van der Waals surface area contributed by atoms with Crippen molar-refractivity contribution < 1.29 is 9.18 Å². The summed E-state index contributed by atoms with van der Waals surface area (Å²) in [5.41, 5.74) is 4.74. The fourth-order valence-electron chi connectivity index (χ4n) is 3.87. The lowest BCUT2D eigenvalue weighted by atomic mass is 9.92. The highest BCUT2D eigenvalue weighted by Crippen LogP contribution is 2.28. The van der Waals surface area contributed by atoms with Gasteiger partial charge in [-0.3, -0.25) is 14.9 Å². The van der Waals surface area contributed by atoms with Crippen molar-refractivity contribution in [3.8, 4) is 0 Å². The van der Waals surface area contributed by atoms with Gasteiger partial charge in [-0.2, -0.15) is 5.10 Å². The monoisotopic (exact) mass is 378 g/mol. The zero-order chi connectivity index (χ0) is 19.5. The van der Waals surface area contributed by atoms with Gasteiger partial charge in [0.1, 0.15) is 11.5 Å². The first kappa shape index (κ1) is 18.3. The SMILES string of the molecule is Cc1cc(Cc2ccc(F)cc2)cc([C@H]2CCCN(C(=O)c3ccn[nH]3)C2)n1. The van der Waals surface area contributed by atoms with Crippen LogP contribution in [0.25, 0.3) is 0 Å². The minimum Gasteiger partial charge on any atom is -0.337 e. The van der Waals surface area contributed by atoms with Gasteiger partial charge in [-0.15, -0.1) is 0 Å². The average molecular weight is 378 g/mol. The molecular formula is C22H23FN4O. The maximum absolute atomic E-state index is 13.2. The predicted octanol–water partition coefficient (Wildman–Crippen LogP) is 3.86. The van der Waals surface area contributed by atoms with Gasteiger partial charge in [-0.05, 0) is 67.6 Å². The van der Waals surface area contributed by atoms with E-state index in [-0.39, 0.29) is 17.6 Å². The molecule has 1 saturated heterocycles. The number of nitrogens with one attached hydrogen (secondary N) is 1. The van der Waals surface area contributed by atoms with E-state index in [0.717, 1.165) is 48.3 Å². The van der Waals surface area contributed by atoms with Crippen LogP contribution in [0.4, 0.5) is 4.39 Å². The minimum absolute atomic E-state index is 0.0126. The summed E-state index contributed by atoms with van der Waals surface area (Å²) in [5.74, 6) is -0.0199. The van der Waals surface area contributed by atoms with E-state index in [1.54, 1.807) is 12.3 Å². The Kier molecular flexibility index (Phi) is 5.19. The number of carbonyl (C=O) groups excluding carboxylic acids is 1. The second kappa shape index (κ2) is 7.92. The Labute approximate surface area is 163 Å². The smallest absolute Gasteiger partial charge is 0.271 e. The van der Waals surface area contributed by atoms with Gasteiger partial charge in [0.2, 0.25) is 0 Å². The van der Waals surface area contributed by atoms with Gasteiger partial charge >= 0.3 is 0 Å². The number of halogens is 1. The number of likely N-dealkylation sites (tertiary alicyclic amines) is 1. The van der Waals surface area contributed by atoms with Crippen molar-refractivity contribution in [2.24, 2.45) is 0 Å². The van der Waals surface area contributed by atoms with Gasteiger partial charge in [0.15, 0.2) is 0 Å². The van der Waals surface area contributed by atoms with Crippen LogP contribution < -0.4 is 0 Å². The van der Waals surface area contributed by atoms with E-state index in [4.69, 9.17) is 4.98 Å². The number of aryl methyl sites for hydroxylation is 1. The van der Waals surface area contributed by atoms with Crippen LogP contribution in [0.15, 0.2) is 48.7 Å². The molecule has 28 heavy (non-hydrogen) atoms. The van der Waals surface area contributed by atoms with Crippen molar-refractivity contribution in [2.45, 2.75) is 32.1 Å².